The molecule has 1 aliphatic heterocycles. The van der Waals surface area contributed by atoms with Gasteiger partial charge < -0.3 is 5.32 Å². The Kier molecular flexibility index (Phi) is 5.46. The zero-order valence-corrected chi connectivity index (χ0v) is 14.6. The first kappa shape index (κ1) is 15.5. The minimum absolute atomic E-state index is 0.217. The molecule has 1 aromatic heterocycles. The first-order valence-corrected chi connectivity index (χ1v) is 8.78. The van der Waals surface area contributed by atoms with Crippen molar-refractivity contribution in [3.05, 3.63) is 20.8 Å². The van der Waals surface area contributed by atoms with Crippen LogP contribution in [-0.2, 0) is 6.54 Å². The van der Waals surface area contributed by atoms with E-state index in [0.29, 0.717) is 6.04 Å². The Hall–Kier alpha value is 0.1000. The molecule has 2 heterocycles. The van der Waals surface area contributed by atoms with Gasteiger partial charge in [-0.2, -0.15) is 0 Å². The third-order valence-corrected chi connectivity index (χ3v) is 5.21. The summed E-state index contributed by atoms with van der Waals surface area (Å²) in [6.45, 7) is 10.2. The van der Waals surface area contributed by atoms with E-state index in [1.165, 1.54) is 34.5 Å². The minimum Gasteiger partial charge on any atom is -0.311 e. The van der Waals surface area contributed by atoms with Crippen LogP contribution in [0.4, 0.5) is 0 Å². The molecule has 1 N–H and O–H groups in total. The van der Waals surface area contributed by atoms with Crippen molar-refractivity contribution in [3.63, 3.8) is 0 Å². The second-order valence-corrected chi connectivity index (χ2v) is 9.00. The maximum Gasteiger partial charge on any atom is 0.0701 e. The molecule has 1 fully saturated rings. The molecule has 1 unspecified atom stereocenters. The molecule has 1 saturated heterocycles. The Balaban J connectivity index is 1.92. The van der Waals surface area contributed by atoms with Gasteiger partial charge in [-0.1, -0.05) is 6.42 Å². The summed E-state index contributed by atoms with van der Waals surface area (Å²) in [6, 6.07) is 5.10. The molecule has 1 aromatic rings. The molecular weight excluding hydrogens is 320 g/mol. The van der Waals surface area contributed by atoms with Gasteiger partial charge in [0.15, 0.2) is 0 Å². The molecule has 0 bridgehead atoms. The van der Waals surface area contributed by atoms with Crippen LogP contribution in [0.15, 0.2) is 15.9 Å². The topological polar surface area (TPSA) is 15.3 Å². The number of likely N-dealkylation sites (tertiary alicyclic amines) is 1. The second kappa shape index (κ2) is 6.70. The summed E-state index contributed by atoms with van der Waals surface area (Å²) in [4.78, 5) is 4.12. The first-order chi connectivity index (χ1) is 8.94. The predicted octanol–water partition coefficient (Wildman–Crippen LogP) is 4.25. The summed E-state index contributed by atoms with van der Waals surface area (Å²) in [5.74, 6) is 0. The van der Waals surface area contributed by atoms with E-state index in [4.69, 9.17) is 0 Å². The van der Waals surface area contributed by atoms with Crippen LogP contribution in [0.5, 0.6) is 0 Å². The van der Waals surface area contributed by atoms with E-state index in [1.807, 2.05) is 11.3 Å². The second-order valence-electron chi connectivity index (χ2n) is 6.46. The Bertz CT molecular complexity index is 397. The summed E-state index contributed by atoms with van der Waals surface area (Å²) in [5.41, 5.74) is 0.217. The van der Waals surface area contributed by atoms with E-state index in [2.05, 4.69) is 59.1 Å². The van der Waals surface area contributed by atoms with Gasteiger partial charge in [0.25, 0.3) is 0 Å². The van der Waals surface area contributed by atoms with Gasteiger partial charge in [0.2, 0.25) is 0 Å². The van der Waals surface area contributed by atoms with Gasteiger partial charge >= 0.3 is 0 Å². The Morgan fingerprint density at radius 1 is 1.37 bits per heavy atom. The number of nitrogens with zero attached hydrogens (tertiary/aromatic N) is 1. The SMILES string of the molecule is CC(C)(C)NCC1CCCCN1Cc1ccc(Br)s1. The van der Waals surface area contributed by atoms with Crippen LogP contribution in [0.1, 0.15) is 44.9 Å². The van der Waals surface area contributed by atoms with Crippen LogP contribution in [0.3, 0.4) is 0 Å². The molecule has 0 saturated carbocycles. The van der Waals surface area contributed by atoms with Gasteiger partial charge in [-0.15, -0.1) is 11.3 Å². The van der Waals surface area contributed by atoms with Crippen LogP contribution in [-0.4, -0.2) is 29.6 Å². The standard InChI is InChI=1S/C15H25BrN2S/c1-15(2,3)17-10-12-6-4-5-9-18(12)11-13-7-8-14(16)19-13/h7-8,12,17H,4-6,9-11H2,1-3H3. The molecule has 0 spiro atoms. The van der Waals surface area contributed by atoms with E-state index in [-0.39, 0.29) is 5.54 Å². The average Bonchev–Trinajstić information content (AvgIpc) is 2.73. The van der Waals surface area contributed by atoms with Crippen molar-refractivity contribution in [2.45, 2.75) is 58.2 Å². The minimum atomic E-state index is 0.217. The lowest BCUT2D eigenvalue weighted by molar-refractivity contribution is 0.132. The maximum atomic E-state index is 3.67. The monoisotopic (exact) mass is 344 g/mol. The molecule has 0 radical (unpaired) electrons. The maximum absolute atomic E-state index is 3.67. The number of halogens is 1. The average molecular weight is 345 g/mol. The van der Waals surface area contributed by atoms with Crippen LogP contribution in [0.2, 0.25) is 0 Å². The molecule has 108 valence electrons. The smallest absolute Gasteiger partial charge is 0.0701 e. The van der Waals surface area contributed by atoms with Crippen molar-refractivity contribution < 1.29 is 0 Å². The molecule has 19 heavy (non-hydrogen) atoms. The number of hydrogen-bond donors (Lipinski definition) is 1. The highest BCUT2D eigenvalue weighted by atomic mass is 79.9. The number of hydrogen-bond acceptors (Lipinski definition) is 3. The molecule has 1 atom stereocenters. The third kappa shape index (κ3) is 5.18. The van der Waals surface area contributed by atoms with E-state index in [1.54, 1.807) is 0 Å². The Morgan fingerprint density at radius 3 is 2.79 bits per heavy atom. The van der Waals surface area contributed by atoms with Gasteiger partial charge in [0.05, 0.1) is 3.79 Å². The number of rotatable bonds is 4. The summed E-state index contributed by atoms with van der Waals surface area (Å²) in [5, 5.41) is 3.67. The van der Waals surface area contributed by atoms with Crippen molar-refractivity contribution in [1.82, 2.24) is 10.2 Å². The highest BCUT2D eigenvalue weighted by molar-refractivity contribution is 9.11. The lowest BCUT2D eigenvalue weighted by Gasteiger charge is -2.37. The fourth-order valence-electron chi connectivity index (χ4n) is 2.56. The fraction of sp³-hybridized carbons (Fsp3) is 0.733. The summed E-state index contributed by atoms with van der Waals surface area (Å²) >= 11 is 5.42. The Morgan fingerprint density at radius 2 is 2.16 bits per heavy atom. The summed E-state index contributed by atoms with van der Waals surface area (Å²) in [7, 11) is 0. The molecule has 0 aromatic carbocycles. The number of piperidine rings is 1. The van der Waals surface area contributed by atoms with Crippen molar-refractivity contribution in [2.24, 2.45) is 0 Å². The predicted molar refractivity (Wildman–Crippen MR) is 87.8 cm³/mol. The lowest BCUT2D eigenvalue weighted by atomic mass is 10.0. The van der Waals surface area contributed by atoms with E-state index < -0.39 is 0 Å². The van der Waals surface area contributed by atoms with Crippen LogP contribution < -0.4 is 5.32 Å². The van der Waals surface area contributed by atoms with Crippen molar-refractivity contribution in [3.8, 4) is 0 Å². The van der Waals surface area contributed by atoms with Crippen molar-refractivity contribution in [1.29, 1.82) is 0 Å². The van der Waals surface area contributed by atoms with Gasteiger partial charge in [0, 0.05) is 29.5 Å². The normalized spacial score (nSPS) is 21.8. The fourth-order valence-corrected chi connectivity index (χ4v) is 4.07. The highest BCUT2D eigenvalue weighted by Crippen LogP contribution is 2.26. The van der Waals surface area contributed by atoms with Crippen LogP contribution in [0, 0.1) is 0 Å². The Labute approximate surface area is 129 Å². The van der Waals surface area contributed by atoms with Gasteiger partial charge in [0.1, 0.15) is 0 Å². The van der Waals surface area contributed by atoms with Gasteiger partial charge in [-0.05, 0) is 68.2 Å². The molecule has 0 amide bonds. The number of nitrogens with one attached hydrogen (secondary N) is 1. The molecule has 4 heteroatoms. The van der Waals surface area contributed by atoms with E-state index >= 15 is 0 Å². The zero-order chi connectivity index (χ0) is 13.9. The molecule has 0 aliphatic carbocycles. The van der Waals surface area contributed by atoms with Crippen molar-refractivity contribution in [2.75, 3.05) is 13.1 Å². The largest absolute Gasteiger partial charge is 0.311 e. The van der Waals surface area contributed by atoms with Crippen LogP contribution >= 0.6 is 27.3 Å². The number of thiophene rings is 1. The quantitative estimate of drug-likeness (QED) is 0.877. The molecule has 1 aliphatic rings. The highest BCUT2D eigenvalue weighted by Gasteiger charge is 2.24. The molecule has 2 nitrogen and oxygen atoms in total. The molecular formula is C15H25BrN2S. The third-order valence-electron chi connectivity index (χ3n) is 3.60. The van der Waals surface area contributed by atoms with Crippen LogP contribution in [0.25, 0.3) is 0 Å². The summed E-state index contributed by atoms with van der Waals surface area (Å²) in [6.07, 6.45) is 4.05. The first-order valence-electron chi connectivity index (χ1n) is 7.17. The van der Waals surface area contributed by atoms with E-state index in [0.717, 1.165) is 13.1 Å². The van der Waals surface area contributed by atoms with Crippen molar-refractivity contribution >= 4 is 27.3 Å². The van der Waals surface area contributed by atoms with Gasteiger partial charge in [-0.25, -0.2) is 0 Å². The zero-order valence-electron chi connectivity index (χ0n) is 12.2. The lowest BCUT2D eigenvalue weighted by Crippen LogP contribution is -2.49. The summed E-state index contributed by atoms with van der Waals surface area (Å²) < 4.78 is 1.24. The molecule has 2 rings (SSSR count). The van der Waals surface area contributed by atoms with Gasteiger partial charge in [-0.3, -0.25) is 4.90 Å². The van der Waals surface area contributed by atoms with E-state index in [9.17, 15) is 0 Å².